The van der Waals surface area contributed by atoms with E-state index in [4.69, 9.17) is 5.26 Å². The van der Waals surface area contributed by atoms with Crippen LogP contribution in [-0.2, 0) is 6.54 Å². The summed E-state index contributed by atoms with van der Waals surface area (Å²) in [5.74, 6) is 0.0877. The van der Waals surface area contributed by atoms with E-state index >= 15 is 0 Å². The van der Waals surface area contributed by atoms with Gasteiger partial charge in [0.1, 0.15) is 0 Å². The van der Waals surface area contributed by atoms with Gasteiger partial charge in [-0.15, -0.1) is 11.3 Å². The molecule has 1 atom stereocenters. The average molecular weight is 223 g/mol. The highest BCUT2D eigenvalue weighted by molar-refractivity contribution is 7.09. The normalized spacial score (nSPS) is 12.7. The van der Waals surface area contributed by atoms with Gasteiger partial charge in [-0.1, -0.05) is 6.92 Å². The topological polar surface area (TPSA) is 39.9 Å². The Labute approximate surface area is 95.4 Å². The van der Waals surface area contributed by atoms with E-state index in [0.29, 0.717) is 0 Å². The number of hydrogen-bond acceptors (Lipinski definition) is 4. The average Bonchev–Trinajstić information content (AvgIpc) is 2.62. The largest absolute Gasteiger partial charge is 0.296 e. The molecule has 0 spiro atoms. The molecule has 3 nitrogen and oxygen atoms in total. The first-order chi connectivity index (χ1) is 7.15. The van der Waals surface area contributed by atoms with E-state index in [0.717, 1.165) is 30.3 Å². The van der Waals surface area contributed by atoms with Gasteiger partial charge in [0, 0.05) is 18.5 Å². The van der Waals surface area contributed by atoms with Crippen LogP contribution in [0, 0.1) is 24.2 Å². The predicted molar refractivity (Wildman–Crippen MR) is 62.6 cm³/mol. The zero-order chi connectivity index (χ0) is 11.3. The molecule has 1 aromatic heterocycles. The molecule has 1 aromatic rings. The highest BCUT2D eigenvalue weighted by Gasteiger charge is 2.09. The molecule has 82 valence electrons. The molecule has 4 heteroatoms. The van der Waals surface area contributed by atoms with Crippen LogP contribution < -0.4 is 0 Å². The maximum absolute atomic E-state index is 8.76. The Balaban J connectivity index is 2.51. The molecule has 0 radical (unpaired) electrons. The van der Waals surface area contributed by atoms with Crippen LogP contribution in [0.4, 0.5) is 0 Å². The molecule has 0 aliphatic heterocycles. The van der Waals surface area contributed by atoms with Crippen LogP contribution in [0.3, 0.4) is 0 Å². The zero-order valence-electron chi connectivity index (χ0n) is 9.53. The molecule has 1 unspecified atom stereocenters. The molecule has 0 aliphatic carbocycles. The first kappa shape index (κ1) is 12.2. The smallest absolute Gasteiger partial charge is 0.0897 e. The van der Waals surface area contributed by atoms with Crippen molar-refractivity contribution in [2.45, 2.75) is 27.3 Å². The Morgan fingerprint density at radius 2 is 2.40 bits per heavy atom. The number of hydrogen-bond donors (Lipinski definition) is 0. The number of rotatable bonds is 5. The molecule has 0 aromatic carbocycles. The Morgan fingerprint density at radius 1 is 1.67 bits per heavy atom. The summed E-state index contributed by atoms with van der Waals surface area (Å²) in [5, 5.41) is 12.0. The van der Waals surface area contributed by atoms with E-state index in [-0.39, 0.29) is 5.92 Å². The quantitative estimate of drug-likeness (QED) is 0.769. The summed E-state index contributed by atoms with van der Waals surface area (Å²) in [7, 11) is 0. The van der Waals surface area contributed by atoms with Gasteiger partial charge in [-0.05, 0) is 20.4 Å². The first-order valence-corrected chi connectivity index (χ1v) is 6.06. The lowest BCUT2D eigenvalue weighted by Crippen LogP contribution is -2.27. The fourth-order valence-corrected chi connectivity index (χ4v) is 2.05. The molecule has 1 rings (SSSR count). The number of aryl methyl sites for hydroxylation is 1. The standard InChI is InChI=1S/C11H17N3S/c1-4-14(6-9(2)5-12)7-11-8-15-10(3)13-11/h8-9H,4,6-7H2,1-3H3. The Hall–Kier alpha value is -0.920. The fraction of sp³-hybridized carbons (Fsp3) is 0.636. The van der Waals surface area contributed by atoms with E-state index in [1.54, 1.807) is 11.3 Å². The van der Waals surface area contributed by atoms with Crippen LogP contribution >= 0.6 is 11.3 Å². The first-order valence-electron chi connectivity index (χ1n) is 5.18. The zero-order valence-corrected chi connectivity index (χ0v) is 10.3. The summed E-state index contributed by atoms with van der Waals surface area (Å²) < 4.78 is 0. The molecule has 0 bridgehead atoms. The SMILES string of the molecule is CCN(Cc1csc(C)n1)CC(C)C#N. The third-order valence-electron chi connectivity index (χ3n) is 2.25. The van der Waals surface area contributed by atoms with Gasteiger partial charge in [-0.2, -0.15) is 5.26 Å². The molecule has 0 saturated heterocycles. The number of thiazole rings is 1. The van der Waals surface area contributed by atoms with Crippen LogP contribution in [0.25, 0.3) is 0 Å². The summed E-state index contributed by atoms with van der Waals surface area (Å²) in [4.78, 5) is 6.68. The molecule has 0 aliphatic rings. The minimum absolute atomic E-state index is 0.0877. The summed E-state index contributed by atoms with van der Waals surface area (Å²) in [5.41, 5.74) is 1.12. The molecular formula is C11H17N3S. The summed E-state index contributed by atoms with van der Waals surface area (Å²) in [6.07, 6.45) is 0. The van der Waals surface area contributed by atoms with Crippen molar-refractivity contribution in [1.82, 2.24) is 9.88 Å². The van der Waals surface area contributed by atoms with Crippen molar-refractivity contribution in [3.63, 3.8) is 0 Å². The van der Waals surface area contributed by atoms with Crippen LogP contribution in [0.1, 0.15) is 24.5 Å². The second kappa shape index (κ2) is 5.84. The highest BCUT2D eigenvalue weighted by Crippen LogP contribution is 2.11. The number of nitriles is 1. The van der Waals surface area contributed by atoms with Crippen molar-refractivity contribution in [2.24, 2.45) is 5.92 Å². The van der Waals surface area contributed by atoms with Gasteiger partial charge in [-0.25, -0.2) is 4.98 Å². The third-order valence-corrected chi connectivity index (χ3v) is 3.07. The minimum Gasteiger partial charge on any atom is -0.296 e. The van der Waals surface area contributed by atoms with Gasteiger partial charge < -0.3 is 0 Å². The molecule has 0 saturated carbocycles. The summed E-state index contributed by atoms with van der Waals surface area (Å²) in [6.45, 7) is 8.72. The van der Waals surface area contributed by atoms with Crippen molar-refractivity contribution in [2.75, 3.05) is 13.1 Å². The third kappa shape index (κ3) is 3.98. The van der Waals surface area contributed by atoms with E-state index in [1.165, 1.54) is 0 Å². The Morgan fingerprint density at radius 3 is 2.87 bits per heavy atom. The van der Waals surface area contributed by atoms with E-state index in [1.807, 2.05) is 13.8 Å². The van der Waals surface area contributed by atoms with Gasteiger partial charge >= 0.3 is 0 Å². The molecule has 0 amide bonds. The number of nitrogens with zero attached hydrogens (tertiary/aromatic N) is 3. The lowest BCUT2D eigenvalue weighted by molar-refractivity contribution is 0.258. The molecule has 0 N–H and O–H groups in total. The van der Waals surface area contributed by atoms with Crippen molar-refractivity contribution < 1.29 is 0 Å². The van der Waals surface area contributed by atoms with E-state index in [9.17, 15) is 0 Å². The van der Waals surface area contributed by atoms with Crippen molar-refractivity contribution in [3.05, 3.63) is 16.1 Å². The predicted octanol–water partition coefficient (Wildman–Crippen LogP) is 2.43. The van der Waals surface area contributed by atoms with Crippen molar-refractivity contribution >= 4 is 11.3 Å². The van der Waals surface area contributed by atoms with Crippen molar-refractivity contribution in [3.8, 4) is 6.07 Å². The minimum atomic E-state index is 0.0877. The Bertz CT molecular complexity index is 340. The molecule has 15 heavy (non-hydrogen) atoms. The van der Waals surface area contributed by atoms with E-state index in [2.05, 4.69) is 28.3 Å². The molecular weight excluding hydrogens is 206 g/mol. The van der Waals surface area contributed by atoms with Gasteiger partial charge in [0.25, 0.3) is 0 Å². The number of aromatic nitrogens is 1. The van der Waals surface area contributed by atoms with Crippen LogP contribution in [0.5, 0.6) is 0 Å². The van der Waals surface area contributed by atoms with Gasteiger partial charge in [0.05, 0.1) is 22.7 Å². The van der Waals surface area contributed by atoms with E-state index < -0.39 is 0 Å². The van der Waals surface area contributed by atoms with Crippen LogP contribution in [0.2, 0.25) is 0 Å². The maximum atomic E-state index is 8.76. The highest BCUT2D eigenvalue weighted by atomic mass is 32.1. The summed E-state index contributed by atoms with van der Waals surface area (Å²) >= 11 is 1.68. The molecule has 0 fully saturated rings. The lowest BCUT2D eigenvalue weighted by atomic mass is 10.2. The molecule has 1 heterocycles. The second-order valence-corrected chi connectivity index (χ2v) is 4.78. The Kier molecular flexibility index (Phi) is 4.73. The fourth-order valence-electron chi connectivity index (χ4n) is 1.44. The van der Waals surface area contributed by atoms with Gasteiger partial charge in [0.15, 0.2) is 0 Å². The monoisotopic (exact) mass is 223 g/mol. The van der Waals surface area contributed by atoms with Crippen molar-refractivity contribution in [1.29, 1.82) is 5.26 Å². The van der Waals surface area contributed by atoms with Gasteiger partial charge in [-0.3, -0.25) is 4.90 Å². The summed E-state index contributed by atoms with van der Waals surface area (Å²) in [6, 6.07) is 2.26. The maximum Gasteiger partial charge on any atom is 0.0897 e. The van der Waals surface area contributed by atoms with Crippen LogP contribution in [0.15, 0.2) is 5.38 Å². The van der Waals surface area contributed by atoms with Gasteiger partial charge in [0.2, 0.25) is 0 Å². The second-order valence-electron chi connectivity index (χ2n) is 3.72. The van der Waals surface area contributed by atoms with Crippen LogP contribution in [-0.4, -0.2) is 23.0 Å². The lowest BCUT2D eigenvalue weighted by Gasteiger charge is -2.20.